The average Bonchev–Trinajstić information content (AvgIpc) is 2.88. The van der Waals surface area contributed by atoms with E-state index in [0.29, 0.717) is 38.1 Å². The van der Waals surface area contributed by atoms with E-state index in [-0.39, 0.29) is 12.7 Å². The molecular formula is C14H18N4O3S. The normalized spacial score (nSPS) is 14.2. The van der Waals surface area contributed by atoms with Gasteiger partial charge in [-0.15, -0.1) is 11.3 Å². The summed E-state index contributed by atoms with van der Waals surface area (Å²) in [6.45, 7) is 3.60. The molecule has 1 aliphatic heterocycles. The van der Waals surface area contributed by atoms with Crippen LogP contribution in [0.1, 0.15) is 17.4 Å². The number of nitrogens with one attached hydrogen (secondary N) is 1. The van der Waals surface area contributed by atoms with Crippen molar-refractivity contribution < 1.29 is 14.6 Å². The third kappa shape index (κ3) is 2.48. The van der Waals surface area contributed by atoms with Crippen molar-refractivity contribution in [2.75, 3.05) is 19.8 Å². The van der Waals surface area contributed by atoms with Gasteiger partial charge in [-0.3, -0.25) is 5.41 Å². The van der Waals surface area contributed by atoms with Crippen molar-refractivity contribution in [1.82, 2.24) is 14.5 Å². The van der Waals surface area contributed by atoms with E-state index in [1.807, 2.05) is 0 Å². The number of aliphatic hydroxyl groups is 1. The predicted molar refractivity (Wildman–Crippen MR) is 81.7 cm³/mol. The lowest BCUT2D eigenvalue weighted by Crippen LogP contribution is -2.36. The maximum atomic E-state index is 11.9. The average molecular weight is 322 g/mol. The SMILES string of the molecule is CCOC(=O)N1CCc2c(sc3ncn(CCO)c(=N)c23)C1. The Hall–Kier alpha value is -1.93. The van der Waals surface area contributed by atoms with Gasteiger partial charge >= 0.3 is 6.09 Å². The van der Waals surface area contributed by atoms with Gasteiger partial charge in [-0.05, 0) is 18.9 Å². The Labute approximate surface area is 131 Å². The first-order chi connectivity index (χ1) is 10.7. The van der Waals surface area contributed by atoms with Gasteiger partial charge in [0.2, 0.25) is 0 Å². The number of hydrogen-bond donors (Lipinski definition) is 2. The monoisotopic (exact) mass is 322 g/mol. The third-order valence-electron chi connectivity index (χ3n) is 3.74. The van der Waals surface area contributed by atoms with Crippen LogP contribution in [0.3, 0.4) is 0 Å². The molecule has 3 heterocycles. The molecule has 1 aliphatic rings. The van der Waals surface area contributed by atoms with E-state index in [2.05, 4.69) is 4.98 Å². The minimum absolute atomic E-state index is 0.0211. The van der Waals surface area contributed by atoms with Crippen LogP contribution in [0, 0.1) is 5.41 Å². The topological polar surface area (TPSA) is 91.4 Å². The van der Waals surface area contributed by atoms with Gasteiger partial charge in [0.25, 0.3) is 0 Å². The molecule has 8 heteroatoms. The van der Waals surface area contributed by atoms with Gasteiger partial charge in [-0.2, -0.15) is 0 Å². The van der Waals surface area contributed by atoms with Crippen LogP contribution in [0.15, 0.2) is 6.33 Å². The highest BCUT2D eigenvalue weighted by atomic mass is 32.1. The van der Waals surface area contributed by atoms with E-state index in [4.69, 9.17) is 15.3 Å². The fourth-order valence-corrected chi connectivity index (χ4v) is 3.90. The number of hydrogen-bond acceptors (Lipinski definition) is 6. The Morgan fingerprint density at radius 3 is 3.14 bits per heavy atom. The smallest absolute Gasteiger partial charge is 0.410 e. The molecule has 0 fully saturated rings. The molecule has 0 saturated carbocycles. The van der Waals surface area contributed by atoms with Crippen molar-refractivity contribution in [2.24, 2.45) is 0 Å². The summed E-state index contributed by atoms with van der Waals surface area (Å²) in [5.74, 6) is 0. The van der Waals surface area contributed by atoms with Gasteiger partial charge < -0.3 is 19.3 Å². The molecule has 0 bridgehead atoms. The van der Waals surface area contributed by atoms with Crippen LogP contribution >= 0.6 is 11.3 Å². The fourth-order valence-electron chi connectivity index (χ4n) is 2.70. The molecule has 0 saturated heterocycles. The Bertz CT molecular complexity index is 767. The van der Waals surface area contributed by atoms with Crippen molar-refractivity contribution >= 4 is 27.6 Å². The number of carbonyl (C=O) groups excluding carboxylic acids is 1. The first-order valence-corrected chi connectivity index (χ1v) is 8.04. The number of carbonyl (C=O) groups is 1. The lowest BCUT2D eigenvalue weighted by Gasteiger charge is -2.26. The molecule has 0 spiro atoms. The summed E-state index contributed by atoms with van der Waals surface area (Å²) < 4.78 is 6.70. The van der Waals surface area contributed by atoms with Crippen LogP contribution in [-0.4, -0.2) is 45.4 Å². The molecule has 0 aromatic carbocycles. The van der Waals surface area contributed by atoms with Crippen molar-refractivity contribution in [2.45, 2.75) is 26.4 Å². The first-order valence-electron chi connectivity index (χ1n) is 7.22. The molecule has 7 nitrogen and oxygen atoms in total. The van der Waals surface area contributed by atoms with Crippen LogP contribution in [0.5, 0.6) is 0 Å². The number of amides is 1. The summed E-state index contributed by atoms with van der Waals surface area (Å²) in [6, 6.07) is 0. The van der Waals surface area contributed by atoms with Crippen molar-refractivity contribution in [3.63, 3.8) is 0 Å². The van der Waals surface area contributed by atoms with Gasteiger partial charge in [-0.25, -0.2) is 9.78 Å². The zero-order valence-corrected chi connectivity index (χ0v) is 13.2. The van der Waals surface area contributed by atoms with Crippen LogP contribution in [0.2, 0.25) is 0 Å². The van der Waals surface area contributed by atoms with Crippen molar-refractivity contribution in [3.05, 3.63) is 22.3 Å². The minimum atomic E-state index is -0.292. The molecule has 3 rings (SSSR count). The highest BCUT2D eigenvalue weighted by molar-refractivity contribution is 7.18. The summed E-state index contributed by atoms with van der Waals surface area (Å²) >= 11 is 1.52. The highest BCUT2D eigenvalue weighted by Gasteiger charge is 2.26. The predicted octanol–water partition coefficient (Wildman–Crippen LogP) is 1.08. The molecular weight excluding hydrogens is 304 g/mol. The maximum absolute atomic E-state index is 11.9. The highest BCUT2D eigenvalue weighted by Crippen LogP contribution is 2.32. The molecule has 2 aromatic heterocycles. The van der Waals surface area contributed by atoms with Gasteiger partial charge in [0.15, 0.2) is 0 Å². The van der Waals surface area contributed by atoms with Crippen LogP contribution < -0.4 is 5.49 Å². The number of rotatable bonds is 3. The molecule has 0 atom stereocenters. The largest absolute Gasteiger partial charge is 0.450 e. The van der Waals surface area contributed by atoms with Crippen molar-refractivity contribution in [3.8, 4) is 0 Å². The summed E-state index contributed by atoms with van der Waals surface area (Å²) in [5, 5.41) is 18.2. The maximum Gasteiger partial charge on any atom is 0.410 e. The Balaban J connectivity index is 1.99. The molecule has 0 unspecified atom stereocenters. The molecule has 2 aromatic rings. The number of fused-ring (bicyclic) bond motifs is 3. The van der Waals surface area contributed by atoms with Gasteiger partial charge in [0, 0.05) is 18.0 Å². The standard InChI is InChI=1S/C14H18N4O3S/c1-2-21-14(20)17-4-3-9-10(7-17)22-13-11(9)12(15)18(5-6-19)8-16-13/h8,15,19H,2-7H2,1H3. The zero-order valence-electron chi connectivity index (χ0n) is 12.3. The number of nitrogens with zero attached hydrogens (tertiary/aromatic N) is 3. The summed E-state index contributed by atoms with van der Waals surface area (Å²) in [6.07, 6.45) is 2.00. The van der Waals surface area contributed by atoms with E-state index in [9.17, 15) is 4.79 Å². The minimum Gasteiger partial charge on any atom is -0.450 e. The number of aliphatic hydroxyl groups excluding tert-OH is 1. The lowest BCUT2D eigenvalue weighted by molar-refractivity contribution is 0.103. The molecule has 22 heavy (non-hydrogen) atoms. The number of thiophene rings is 1. The van der Waals surface area contributed by atoms with E-state index in [1.54, 1.807) is 22.7 Å². The Morgan fingerprint density at radius 2 is 2.41 bits per heavy atom. The summed E-state index contributed by atoms with van der Waals surface area (Å²) in [7, 11) is 0. The molecule has 118 valence electrons. The summed E-state index contributed by atoms with van der Waals surface area (Å²) in [4.78, 5) is 19.8. The van der Waals surface area contributed by atoms with Gasteiger partial charge in [0.05, 0.1) is 31.5 Å². The van der Waals surface area contributed by atoms with Crippen LogP contribution in [0.25, 0.3) is 10.2 Å². The van der Waals surface area contributed by atoms with E-state index in [0.717, 1.165) is 20.7 Å². The first kappa shape index (κ1) is 15.0. The number of ether oxygens (including phenoxy) is 1. The Kier molecular flexibility index (Phi) is 4.12. The fraction of sp³-hybridized carbons (Fsp3) is 0.500. The second kappa shape index (κ2) is 6.05. The van der Waals surface area contributed by atoms with Gasteiger partial charge in [0.1, 0.15) is 10.3 Å². The van der Waals surface area contributed by atoms with E-state index in [1.165, 1.54) is 11.3 Å². The molecule has 0 radical (unpaired) electrons. The molecule has 1 amide bonds. The zero-order chi connectivity index (χ0) is 15.7. The lowest BCUT2D eigenvalue weighted by atomic mass is 10.1. The van der Waals surface area contributed by atoms with Gasteiger partial charge in [-0.1, -0.05) is 0 Å². The van der Waals surface area contributed by atoms with Crippen molar-refractivity contribution in [1.29, 1.82) is 5.41 Å². The number of aromatic nitrogens is 2. The molecule has 2 N–H and O–H groups in total. The van der Waals surface area contributed by atoms with Crippen LogP contribution in [-0.2, 0) is 24.2 Å². The van der Waals surface area contributed by atoms with Crippen LogP contribution in [0.4, 0.5) is 4.79 Å². The van der Waals surface area contributed by atoms with E-state index < -0.39 is 0 Å². The summed E-state index contributed by atoms with van der Waals surface area (Å²) in [5.41, 5.74) is 1.48. The Morgan fingerprint density at radius 1 is 1.59 bits per heavy atom. The second-order valence-electron chi connectivity index (χ2n) is 5.06. The third-order valence-corrected chi connectivity index (χ3v) is 4.87. The molecule has 0 aliphatic carbocycles. The van der Waals surface area contributed by atoms with E-state index >= 15 is 0 Å². The quantitative estimate of drug-likeness (QED) is 0.885. The second-order valence-corrected chi connectivity index (χ2v) is 6.15.